The Balaban J connectivity index is 1.52. The number of halogens is 3. The van der Waals surface area contributed by atoms with Gasteiger partial charge in [-0.1, -0.05) is 86.5 Å². The van der Waals surface area contributed by atoms with Gasteiger partial charge in [0.1, 0.15) is 5.82 Å². The van der Waals surface area contributed by atoms with Gasteiger partial charge in [0.25, 0.3) is 0 Å². The van der Waals surface area contributed by atoms with Crippen molar-refractivity contribution in [3.05, 3.63) is 101 Å². The lowest BCUT2D eigenvalue weighted by Crippen LogP contribution is -2.02. The Hall–Kier alpha value is -3.07. The SMILES string of the molecule is CC=CC1CC=C(c2ccc(-c3ccc(-c4ccc(CCCCC)c(F)c4F)cc3)c(F)c2)CC1. The monoisotopic (exact) mass is 474 g/mol. The molecule has 0 fully saturated rings. The smallest absolute Gasteiger partial charge is 0.166 e. The van der Waals surface area contributed by atoms with Gasteiger partial charge in [-0.3, -0.25) is 0 Å². The number of benzene rings is 3. The van der Waals surface area contributed by atoms with Crippen LogP contribution < -0.4 is 0 Å². The van der Waals surface area contributed by atoms with E-state index in [-0.39, 0.29) is 11.4 Å². The molecule has 0 amide bonds. The van der Waals surface area contributed by atoms with Crippen LogP contribution in [0, 0.1) is 23.4 Å². The van der Waals surface area contributed by atoms with Crippen molar-refractivity contribution >= 4 is 5.57 Å². The molecule has 3 heteroatoms. The molecule has 0 nitrogen and oxygen atoms in total. The van der Waals surface area contributed by atoms with Crippen molar-refractivity contribution in [3.8, 4) is 22.3 Å². The van der Waals surface area contributed by atoms with Gasteiger partial charge in [-0.25, -0.2) is 13.2 Å². The molecule has 0 spiro atoms. The predicted molar refractivity (Wildman–Crippen MR) is 141 cm³/mol. The first kappa shape index (κ1) is 25.0. The van der Waals surface area contributed by atoms with E-state index < -0.39 is 11.6 Å². The largest absolute Gasteiger partial charge is 0.206 e. The molecule has 0 bridgehead atoms. The van der Waals surface area contributed by atoms with Crippen molar-refractivity contribution in [2.45, 2.75) is 58.8 Å². The summed E-state index contributed by atoms with van der Waals surface area (Å²) in [7, 11) is 0. The summed E-state index contributed by atoms with van der Waals surface area (Å²) in [4.78, 5) is 0. The number of rotatable bonds is 8. The number of hydrogen-bond donors (Lipinski definition) is 0. The Kier molecular flexibility index (Phi) is 8.28. The molecule has 0 saturated carbocycles. The zero-order valence-corrected chi connectivity index (χ0v) is 20.6. The third kappa shape index (κ3) is 5.78. The van der Waals surface area contributed by atoms with E-state index in [1.807, 2.05) is 19.1 Å². The molecule has 4 rings (SSSR count). The van der Waals surface area contributed by atoms with E-state index in [0.717, 1.165) is 44.1 Å². The number of aryl methyl sites for hydroxylation is 1. The predicted octanol–water partition coefficient (Wildman–Crippen LogP) is 9.93. The van der Waals surface area contributed by atoms with Crippen LogP contribution in [0.3, 0.4) is 0 Å². The molecular formula is C32H33F3. The van der Waals surface area contributed by atoms with Crippen LogP contribution in [-0.2, 0) is 6.42 Å². The second-order valence-electron chi connectivity index (χ2n) is 9.42. The van der Waals surface area contributed by atoms with Gasteiger partial charge in [0.2, 0.25) is 0 Å². The summed E-state index contributed by atoms with van der Waals surface area (Å²) in [5.41, 5.74) is 4.56. The fourth-order valence-corrected chi connectivity index (χ4v) is 4.91. The van der Waals surface area contributed by atoms with E-state index in [1.165, 1.54) is 5.57 Å². The maximum absolute atomic E-state index is 15.1. The van der Waals surface area contributed by atoms with E-state index in [9.17, 15) is 8.78 Å². The van der Waals surface area contributed by atoms with Gasteiger partial charge in [0.05, 0.1) is 0 Å². The van der Waals surface area contributed by atoms with Crippen LogP contribution in [-0.4, -0.2) is 0 Å². The van der Waals surface area contributed by atoms with Crippen LogP contribution in [0.5, 0.6) is 0 Å². The Morgan fingerprint density at radius 1 is 0.829 bits per heavy atom. The lowest BCUT2D eigenvalue weighted by atomic mass is 9.86. The lowest BCUT2D eigenvalue weighted by Gasteiger charge is -2.20. The van der Waals surface area contributed by atoms with Gasteiger partial charge in [-0.05, 0) is 78.8 Å². The molecule has 35 heavy (non-hydrogen) atoms. The molecule has 182 valence electrons. The van der Waals surface area contributed by atoms with Crippen LogP contribution in [0.1, 0.15) is 63.5 Å². The highest BCUT2D eigenvalue weighted by Crippen LogP contribution is 2.34. The Labute approximate surface area is 207 Å². The summed E-state index contributed by atoms with van der Waals surface area (Å²) in [5, 5.41) is 0. The average Bonchev–Trinajstić information content (AvgIpc) is 2.88. The minimum Gasteiger partial charge on any atom is -0.206 e. The van der Waals surface area contributed by atoms with E-state index in [0.29, 0.717) is 34.6 Å². The summed E-state index contributed by atoms with van der Waals surface area (Å²) in [6.45, 7) is 4.12. The molecule has 3 aromatic rings. The van der Waals surface area contributed by atoms with Crippen molar-refractivity contribution in [2.75, 3.05) is 0 Å². The van der Waals surface area contributed by atoms with E-state index in [1.54, 1.807) is 42.5 Å². The van der Waals surface area contributed by atoms with E-state index in [4.69, 9.17) is 0 Å². The molecule has 0 radical (unpaired) electrons. The highest BCUT2D eigenvalue weighted by atomic mass is 19.2. The Bertz CT molecular complexity index is 1220. The minimum absolute atomic E-state index is 0.226. The maximum atomic E-state index is 15.1. The topological polar surface area (TPSA) is 0 Å². The minimum atomic E-state index is -0.820. The molecule has 3 aromatic carbocycles. The summed E-state index contributed by atoms with van der Waals surface area (Å²) in [6, 6.07) is 15.7. The summed E-state index contributed by atoms with van der Waals surface area (Å²) < 4.78 is 44.4. The molecule has 0 N–H and O–H groups in total. The quantitative estimate of drug-likeness (QED) is 0.225. The fraction of sp³-hybridized carbons (Fsp3) is 0.312. The summed E-state index contributed by atoms with van der Waals surface area (Å²) >= 11 is 0. The number of hydrogen-bond acceptors (Lipinski definition) is 0. The van der Waals surface area contributed by atoms with Crippen LogP contribution in [0.25, 0.3) is 27.8 Å². The first-order valence-corrected chi connectivity index (χ1v) is 12.7. The zero-order valence-electron chi connectivity index (χ0n) is 20.6. The van der Waals surface area contributed by atoms with Crippen molar-refractivity contribution in [3.63, 3.8) is 0 Å². The van der Waals surface area contributed by atoms with Crippen molar-refractivity contribution < 1.29 is 13.2 Å². The first-order valence-electron chi connectivity index (χ1n) is 12.7. The molecular weight excluding hydrogens is 441 g/mol. The zero-order chi connectivity index (χ0) is 24.8. The van der Waals surface area contributed by atoms with Gasteiger partial charge in [0.15, 0.2) is 11.6 Å². The highest BCUT2D eigenvalue weighted by Gasteiger charge is 2.17. The molecule has 0 saturated heterocycles. The highest BCUT2D eigenvalue weighted by molar-refractivity contribution is 5.74. The molecule has 1 aliphatic carbocycles. The van der Waals surface area contributed by atoms with Gasteiger partial charge in [-0.15, -0.1) is 0 Å². The third-order valence-electron chi connectivity index (χ3n) is 6.97. The van der Waals surface area contributed by atoms with Crippen molar-refractivity contribution in [1.82, 2.24) is 0 Å². The third-order valence-corrected chi connectivity index (χ3v) is 6.97. The van der Waals surface area contributed by atoms with Crippen LogP contribution in [0.2, 0.25) is 0 Å². The second kappa shape index (κ2) is 11.6. The Morgan fingerprint density at radius 3 is 2.14 bits per heavy atom. The van der Waals surface area contributed by atoms with Crippen LogP contribution >= 0.6 is 0 Å². The molecule has 0 aromatic heterocycles. The van der Waals surface area contributed by atoms with Gasteiger partial charge < -0.3 is 0 Å². The fourth-order valence-electron chi connectivity index (χ4n) is 4.91. The average molecular weight is 475 g/mol. The van der Waals surface area contributed by atoms with Crippen LogP contribution in [0.15, 0.2) is 72.8 Å². The van der Waals surface area contributed by atoms with Crippen LogP contribution in [0.4, 0.5) is 13.2 Å². The molecule has 1 atom stereocenters. The molecule has 1 aliphatic rings. The van der Waals surface area contributed by atoms with Gasteiger partial charge in [-0.2, -0.15) is 0 Å². The lowest BCUT2D eigenvalue weighted by molar-refractivity contribution is 0.498. The van der Waals surface area contributed by atoms with E-state index >= 15 is 4.39 Å². The van der Waals surface area contributed by atoms with Crippen molar-refractivity contribution in [1.29, 1.82) is 0 Å². The number of unbranched alkanes of at least 4 members (excludes halogenated alkanes) is 2. The normalized spacial score (nSPS) is 16.0. The first-order chi connectivity index (χ1) is 17.0. The second-order valence-corrected chi connectivity index (χ2v) is 9.42. The maximum Gasteiger partial charge on any atom is 0.166 e. The van der Waals surface area contributed by atoms with Crippen molar-refractivity contribution in [2.24, 2.45) is 5.92 Å². The molecule has 0 aliphatic heterocycles. The Morgan fingerprint density at radius 2 is 1.51 bits per heavy atom. The summed E-state index contributed by atoms with van der Waals surface area (Å²) in [6.07, 6.45) is 13.0. The molecule has 0 heterocycles. The number of allylic oxidation sites excluding steroid dienone is 4. The van der Waals surface area contributed by atoms with Gasteiger partial charge >= 0.3 is 0 Å². The molecule has 1 unspecified atom stereocenters. The van der Waals surface area contributed by atoms with E-state index in [2.05, 4.69) is 25.2 Å². The van der Waals surface area contributed by atoms with Gasteiger partial charge in [0, 0.05) is 11.1 Å². The summed E-state index contributed by atoms with van der Waals surface area (Å²) in [5.74, 6) is -1.29. The standard InChI is InChI=1S/C32H33F3/c1-3-5-6-8-26-17-20-29(32(35)31(26)34)25-15-13-24(14-16-25)28-19-18-27(21-30(28)33)23-11-9-22(7-4-2)10-12-23/h4,7,11,13-22H,3,5-6,8-10,12H2,1-2H3.